The number of carbonyl (C=O) groups is 1. The maximum absolute atomic E-state index is 13.6. The van der Waals surface area contributed by atoms with Crippen molar-refractivity contribution in [3.63, 3.8) is 0 Å². The summed E-state index contributed by atoms with van der Waals surface area (Å²) in [6, 6.07) is 6.02. The molecule has 0 saturated carbocycles. The van der Waals surface area contributed by atoms with E-state index in [0.717, 1.165) is 0 Å². The topological polar surface area (TPSA) is 68.0 Å². The van der Waals surface area contributed by atoms with Crippen molar-refractivity contribution in [1.29, 1.82) is 0 Å². The van der Waals surface area contributed by atoms with E-state index in [0.29, 0.717) is 21.5 Å². The van der Waals surface area contributed by atoms with E-state index in [-0.39, 0.29) is 5.56 Å². The van der Waals surface area contributed by atoms with E-state index in [4.69, 9.17) is 5.73 Å². The molecular formula is C13H11BrFN3O. The van der Waals surface area contributed by atoms with Gasteiger partial charge in [0.1, 0.15) is 11.6 Å². The number of benzene rings is 1. The fourth-order valence-corrected chi connectivity index (χ4v) is 2.13. The summed E-state index contributed by atoms with van der Waals surface area (Å²) in [6.07, 6.45) is 1.43. The van der Waals surface area contributed by atoms with Gasteiger partial charge in [-0.2, -0.15) is 0 Å². The van der Waals surface area contributed by atoms with Crippen LogP contribution in [0.15, 0.2) is 34.9 Å². The normalized spacial score (nSPS) is 10.3. The van der Waals surface area contributed by atoms with Gasteiger partial charge in [0.25, 0.3) is 5.91 Å². The molecule has 19 heavy (non-hydrogen) atoms. The third-order valence-corrected chi connectivity index (χ3v) is 3.18. The van der Waals surface area contributed by atoms with Crippen molar-refractivity contribution in [3.05, 3.63) is 51.9 Å². The molecule has 2 rings (SSSR count). The molecule has 6 heteroatoms. The maximum atomic E-state index is 13.6. The van der Waals surface area contributed by atoms with E-state index >= 15 is 0 Å². The van der Waals surface area contributed by atoms with E-state index in [1.54, 1.807) is 19.1 Å². The number of amides is 1. The highest BCUT2D eigenvalue weighted by Crippen LogP contribution is 2.22. The molecule has 0 aliphatic rings. The smallest absolute Gasteiger partial charge is 0.260 e. The van der Waals surface area contributed by atoms with Crippen molar-refractivity contribution in [1.82, 2.24) is 4.98 Å². The van der Waals surface area contributed by atoms with Gasteiger partial charge in [-0.15, -0.1) is 0 Å². The number of anilines is 2. The Kier molecular flexibility index (Phi) is 3.80. The molecule has 0 unspecified atom stereocenters. The van der Waals surface area contributed by atoms with Crippen molar-refractivity contribution in [3.8, 4) is 0 Å². The number of hydrogen-bond donors (Lipinski definition) is 2. The predicted molar refractivity (Wildman–Crippen MR) is 75.4 cm³/mol. The molecule has 98 valence electrons. The van der Waals surface area contributed by atoms with Crippen LogP contribution in [-0.4, -0.2) is 10.9 Å². The lowest BCUT2D eigenvalue weighted by Crippen LogP contribution is -2.16. The average Bonchev–Trinajstić information content (AvgIpc) is 2.32. The molecule has 0 aliphatic carbocycles. The molecule has 1 aromatic carbocycles. The Hall–Kier alpha value is -1.95. The first-order chi connectivity index (χ1) is 8.99. The molecule has 1 amide bonds. The highest BCUT2D eigenvalue weighted by atomic mass is 79.9. The first-order valence-electron chi connectivity index (χ1n) is 5.46. The van der Waals surface area contributed by atoms with Crippen molar-refractivity contribution in [2.45, 2.75) is 6.92 Å². The minimum Gasteiger partial charge on any atom is -0.397 e. The van der Waals surface area contributed by atoms with Gasteiger partial charge in [0.2, 0.25) is 0 Å². The van der Waals surface area contributed by atoms with Crippen molar-refractivity contribution >= 4 is 33.3 Å². The van der Waals surface area contributed by atoms with Crippen LogP contribution in [0, 0.1) is 12.7 Å². The summed E-state index contributed by atoms with van der Waals surface area (Å²) in [7, 11) is 0. The molecule has 0 atom stereocenters. The molecule has 3 N–H and O–H groups in total. The first-order valence-corrected chi connectivity index (χ1v) is 6.26. The van der Waals surface area contributed by atoms with Crippen molar-refractivity contribution < 1.29 is 9.18 Å². The second-order valence-electron chi connectivity index (χ2n) is 3.98. The zero-order chi connectivity index (χ0) is 14.0. The van der Waals surface area contributed by atoms with E-state index in [1.807, 2.05) is 0 Å². The number of aromatic nitrogens is 1. The number of nitrogens with zero attached hydrogens (tertiary/aromatic N) is 1. The maximum Gasteiger partial charge on any atom is 0.260 e. The van der Waals surface area contributed by atoms with E-state index < -0.39 is 11.7 Å². The van der Waals surface area contributed by atoms with Crippen LogP contribution in [0.5, 0.6) is 0 Å². The number of hydrogen-bond acceptors (Lipinski definition) is 3. The van der Waals surface area contributed by atoms with Gasteiger partial charge >= 0.3 is 0 Å². The lowest BCUT2D eigenvalue weighted by atomic mass is 10.2. The average molecular weight is 324 g/mol. The Morgan fingerprint density at radius 3 is 2.84 bits per heavy atom. The number of nitrogen functional groups attached to an aromatic ring is 1. The van der Waals surface area contributed by atoms with Gasteiger partial charge in [0.15, 0.2) is 0 Å². The Balaban J connectivity index is 2.31. The fraction of sp³-hybridized carbons (Fsp3) is 0.0769. The summed E-state index contributed by atoms with van der Waals surface area (Å²) >= 11 is 3.15. The van der Waals surface area contributed by atoms with Gasteiger partial charge in [-0.1, -0.05) is 6.07 Å². The van der Waals surface area contributed by atoms with Crippen LogP contribution in [0.4, 0.5) is 15.9 Å². The largest absolute Gasteiger partial charge is 0.397 e. The SMILES string of the molecule is Cc1cc(N)cnc1NC(=O)c1c(F)cccc1Br. The van der Waals surface area contributed by atoms with Crippen LogP contribution in [0.1, 0.15) is 15.9 Å². The van der Waals surface area contributed by atoms with Crippen LogP contribution in [0.3, 0.4) is 0 Å². The Labute approximate surface area is 118 Å². The molecule has 0 radical (unpaired) electrons. The summed E-state index contributed by atoms with van der Waals surface area (Å²) in [5, 5.41) is 2.56. The highest BCUT2D eigenvalue weighted by Gasteiger charge is 2.16. The third kappa shape index (κ3) is 2.90. The summed E-state index contributed by atoms with van der Waals surface area (Å²) < 4.78 is 14.0. The molecule has 0 spiro atoms. The molecule has 0 saturated heterocycles. The number of halogens is 2. The van der Waals surface area contributed by atoms with Crippen LogP contribution in [-0.2, 0) is 0 Å². The summed E-state index contributed by atoms with van der Waals surface area (Å²) in [6.45, 7) is 1.76. The Morgan fingerprint density at radius 2 is 2.21 bits per heavy atom. The molecule has 0 fully saturated rings. The molecule has 0 bridgehead atoms. The lowest BCUT2D eigenvalue weighted by Gasteiger charge is -2.09. The van der Waals surface area contributed by atoms with Gasteiger partial charge in [-0.25, -0.2) is 9.37 Å². The molecule has 1 heterocycles. The quantitative estimate of drug-likeness (QED) is 0.892. The van der Waals surface area contributed by atoms with E-state index in [9.17, 15) is 9.18 Å². The van der Waals surface area contributed by atoms with E-state index in [2.05, 4.69) is 26.2 Å². The minimum atomic E-state index is -0.597. The monoisotopic (exact) mass is 323 g/mol. The van der Waals surface area contributed by atoms with Crippen LogP contribution >= 0.6 is 15.9 Å². The van der Waals surface area contributed by atoms with Gasteiger partial charge in [0.05, 0.1) is 17.4 Å². The van der Waals surface area contributed by atoms with Gasteiger partial charge in [-0.05, 0) is 46.6 Å². The number of aryl methyl sites for hydroxylation is 1. The third-order valence-electron chi connectivity index (χ3n) is 2.52. The summed E-state index contributed by atoms with van der Waals surface area (Å²) in [5.74, 6) is -0.806. The van der Waals surface area contributed by atoms with Crippen LogP contribution < -0.4 is 11.1 Å². The molecule has 0 aliphatic heterocycles. The second-order valence-corrected chi connectivity index (χ2v) is 4.84. The second kappa shape index (κ2) is 5.36. The number of rotatable bonds is 2. The highest BCUT2D eigenvalue weighted by molar-refractivity contribution is 9.10. The lowest BCUT2D eigenvalue weighted by molar-refractivity contribution is 0.102. The molecule has 1 aromatic heterocycles. The molecular weight excluding hydrogens is 313 g/mol. The van der Waals surface area contributed by atoms with E-state index in [1.165, 1.54) is 18.3 Å². The van der Waals surface area contributed by atoms with Gasteiger partial charge in [0, 0.05) is 4.47 Å². The van der Waals surface area contributed by atoms with Crippen LogP contribution in [0.2, 0.25) is 0 Å². The number of pyridine rings is 1. The van der Waals surface area contributed by atoms with Gasteiger partial charge < -0.3 is 11.1 Å². The molecule has 2 aromatic rings. The Bertz CT molecular complexity index is 626. The predicted octanol–water partition coefficient (Wildman–Crippen LogP) is 3.13. The number of nitrogens with one attached hydrogen (secondary N) is 1. The Morgan fingerprint density at radius 1 is 1.47 bits per heavy atom. The fourth-order valence-electron chi connectivity index (χ4n) is 1.61. The summed E-state index contributed by atoms with van der Waals surface area (Å²) in [4.78, 5) is 16.0. The van der Waals surface area contributed by atoms with Gasteiger partial charge in [-0.3, -0.25) is 4.79 Å². The zero-order valence-electron chi connectivity index (χ0n) is 10.1. The standard InChI is InChI=1S/C13H11BrFN3O/c1-7-5-8(16)6-17-12(7)18-13(19)11-9(14)3-2-4-10(11)15/h2-6H,16H2,1H3,(H,17,18,19). The van der Waals surface area contributed by atoms with Crippen LogP contribution in [0.25, 0.3) is 0 Å². The first kappa shape index (κ1) is 13.5. The summed E-state index contributed by atoms with van der Waals surface area (Å²) in [5.41, 5.74) is 6.73. The van der Waals surface area contributed by atoms with Crippen molar-refractivity contribution in [2.24, 2.45) is 0 Å². The number of carbonyl (C=O) groups excluding carboxylic acids is 1. The molecule has 4 nitrogen and oxygen atoms in total. The minimum absolute atomic E-state index is 0.0551. The number of nitrogens with two attached hydrogens (primary N) is 1. The van der Waals surface area contributed by atoms with Crippen molar-refractivity contribution in [2.75, 3.05) is 11.1 Å². The zero-order valence-corrected chi connectivity index (χ0v) is 11.7.